The third kappa shape index (κ3) is 1.58. The van der Waals surface area contributed by atoms with E-state index in [-0.39, 0.29) is 5.69 Å². The normalized spacial score (nSPS) is 9.58. The summed E-state index contributed by atoms with van der Waals surface area (Å²) in [4.78, 5) is 14.4. The number of carbonyl (C=O) groups excluding carboxylic acids is 1. The third-order valence-corrected chi connectivity index (χ3v) is 1.36. The maximum atomic E-state index is 12.9. The van der Waals surface area contributed by atoms with Gasteiger partial charge in [-0.2, -0.15) is 0 Å². The van der Waals surface area contributed by atoms with Crippen LogP contribution in [0.5, 0.6) is 0 Å². The zero-order chi connectivity index (χ0) is 9.14. The van der Waals surface area contributed by atoms with E-state index in [0.29, 0.717) is 5.56 Å². The van der Waals surface area contributed by atoms with Gasteiger partial charge in [0.2, 0.25) is 0 Å². The van der Waals surface area contributed by atoms with Crippen LogP contribution in [0.3, 0.4) is 0 Å². The number of carbonyl (C=O) groups is 1. The lowest BCUT2D eigenvalue weighted by atomic mass is 10.2. The molecule has 0 saturated heterocycles. The smallest absolute Gasteiger partial charge is 0.359 e. The Bertz CT molecular complexity index is 312. The number of methoxy groups -OCH3 is 1. The highest BCUT2D eigenvalue weighted by atomic mass is 19.1. The molecule has 0 aliphatic carbocycles. The van der Waals surface area contributed by atoms with Crippen molar-refractivity contribution < 1.29 is 13.9 Å². The molecule has 0 atom stereocenters. The average molecular weight is 169 g/mol. The van der Waals surface area contributed by atoms with Gasteiger partial charge in [0.05, 0.1) is 7.11 Å². The van der Waals surface area contributed by atoms with Crippen LogP contribution in [0.25, 0.3) is 0 Å². The van der Waals surface area contributed by atoms with Gasteiger partial charge in [-0.3, -0.25) is 0 Å². The zero-order valence-corrected chi connectivity index (χ0v) is 6.80. The van der Waals surface area contributed by atoms with E-state index in [2.05, 4.69) is 9.72 Å². The number of rotatable bonds is 1. The number of aromatic nitrogens is 1. The number of aryl methyl sites for hydroxylation is 1. The Labute approximate surface area is 69.2 Å². The molecular formula is C8H8FNO2. The predicted octanol–water partition coefficient (Wildman–Crippen LogP) is 1.32. The monoisotopic (exact) mass is 169 g/mol. The Kier molecular flexibility index (Phi) is 2.38. The molecule has 0 unspecified atom stereocenters. The molecule has 0 N–H and O–H groups in total. The van der Waals surface area contributed by atoms with Gasteiger partial charge < -0.3 is 4.74 Å². The highest BCUT2D eigenvalue weighted by molar-refractivity contribution is 5.87. The molecular weight excluding hydrogens is 161 g/mol. The minimum atomic E-state index is -0.757. The van der Waals surface area contributed by atoms with Crippen molar-refractivity contribution >= 4 is 5.97 Å². The van der Waals surface area contributed by atoms with Crippen molar-refractivity contribution in [2.24, 2.45) is 0 Å². The van der Waals surface area contributed by atoms with E-state index in [1.165, 1.54) is 19.4 Å². The first-order valence-corrected chi connectivity index (χ1v) is 3.35. The molecule has 0 aromatic carbocycles. The van der Waals surface area contributed by atoms with Crippen LogP contribution in [0.1, 0.15) is 16.1 Å². The second-order valence-electron chi connectivity index (χ2n) is 2.33. The molecule has 0 fully saturated rings. The summed E-state index contributed by atoms with van der Waals surface area (Å²) in [7, 11) is 1.18. The van der Waals surface area contributed by atoms with Gasteiger partial charge >= 0.3 is 5.97 Å². The largest absolute Gasteiger partial charge is 0.464 e. The van der Waals surface area contributed by atoms with Crippen molar-refractivity contribution in [2.75, 3.05) is 7.11 Å². The number of halogens is 1. The molecule has 0 aliphatic rings. The Hall–Kier alpha value is -1.45. The molecule has 12 heavy (non-hydrogen) atoms. The first-order valence-electron chi connectivity index (χ1n) is 3.35. The maximum Gasteiger partial charge on any atom is 0.359 e. The molecule has 3 nitrogen and oxygen atoms in total. The number of hydrogen-bond donors (Lipinski definition) is 0. The molecule has 64 valence electrons. The molecule has 0 aliphatic heterocycles. The van der Waals surface area contributed by atoms with Gasteiger partial charge in [0.25, 0.3) is 0 Å². The van der Waals surface area contributed by atoms with Crippen LogP contribution in [0, 0.1) is 12.7 Å². The molecule has 1 aromatic rings. The van der Waals surface area contributed by atoms with Crippen molar-refractivity contribution in [2.45, 2.75) is 6.92 Å². The fourth-order valence-electron chi connectivity index (χ4n) is 0.780. The summed E-state index contributed by atoms with van der Waals surface area (Å²) in [6, 6.07) is 1.24. The Morgan fingerprint density at radius 3 is 2.83 bits per heavy atom. The van der Waals surface area contributed by atoms with Crippen LogP contribution in [-0.2, 0) is 4.74 Å². The van der Waals surface area contributed by atoms with Crippen LogP contribution < -0.4 is 0 Å². The lowest BCUT2D eigenvalue weighted by molar-refractivity contribution is 0.0588. The molecule has 1 heterocycles. The van der Waals surface area contributed by atoms with Gasteiger partial charge in [-0.05, 0) is 18.6 Å². The molecule has 0 saturated carbocycles. The van der Waals surface area contributed by atoms with Crippen molar-refractivity contribution in [3.63, 3.8) is 0 Å². The Balaban J connectivity index is 3.09. The predicted molar refractivity (Wildman–Crippen MR) is 40.3 cm³/mol. The molecule has 0 bridgehead atoms. The molecule has 1 rings (SSSR count). The second-order valence-corrected chi connectivity index (χ2v) is 2.33. The van der Waals surface area contributed by atoms with Crippen molar-refractivity contribution in [1.82, 2.24) is 4.98 Å². The summed E-state index contributed by atoms with van der Waals surface area (Å²) < 4.78 is 17.2. The molecule has 0 amide bonds. The summed E-state index contributed by atoms with van der Waals surface area (Å²) >= 11 is 0. The number of nitrogens with zero attached hydrogens (tertiary/aromatic N) is 1. The lowest BCUT2D eigenvalue weighted by Gasteiger charge is -1.99. The van der Waals surface area contributed by atoms with Crippen LogP contribution in [-0.4, -0.2) is 18.1 Å². The Morgan fingerprint density at radius 1 is 1.67 bits per heavy atom. The number of pyridine rings is 1. The van der Waals surface area contributed by atoms with Gasteiger partial charge in [0.15, 0.2) is 11.5 Å². The minimum Gasteiger partial charge on any atom is -0.464 e. The first-order chi connectivity index (χ1) is 5.65. The fraction of sp³-hybridized carbons (Fsp3) is 0.250. The number of hydrogen-bond acceptors (Lipinski definition) is 3. The highest BCUT2D eigenvalue weighted by Gasteiger charge is 2.12. The topological polar surface area (TPSA) is 39.2 Å². The van der Waals surface area contributed by atoms with Gasteiger partial charge in [-0.15, -0.1) is 0 Å². The first kappa shape index (κ1) is 8.64. The summed E-state index contributed by atoms with van der Waals surface area (Å²) in [6.07, 6.45) is 1.41. The van der Waals surface area contributed by atoms with Crippen LogP contribution in [0.15, 0.2) is 12.3 Å². The standard InChI is InChI=1S/C8H8FNO2/c1-5-3-6(9)7(10-4-5)8(11)12-2/h3-4H,1-2H3. The number of esters is 1. The van der Waals surface area contributed by atoms with E-state index in [0.717, 1.165) is 0 Å². The fourth-order valence-corrected chi connectivity index (χ4v) is 0.780. The summed E-state index contributed by atoms with van der Waals surface area (Å²) in [6.45, 7) is 1.69. The molecule has 0 radical (unpaired) electrons. The van der Waals surface area contributed by atoms with Crippen molar-refractivity contribution in [3.05, 3.63) is 29.3 Å². The Morgan fingerprint density at radius 2 is 2.33 bits per heavy atom. The third-order valence-electron chi connectivity index (χ3n) is 1.36. The van der Waals surface area contributed by atoms with E-state index >= 15 is 0 Å². The summed E-state index contributed by atoms with van der Waals surface area (Å²) in [5.41, 5.74) is 0.392. The van der Waals surface area contributed by atoms with Gasteiger partial charge in [0.1, 0.15) is 0 Å². The zero-order valence-electron chi connectivity index (χ0n) is 6.80. The summed E-state index contributed by atoms with van der Waals surface area (Å²) in [5, 5.41) is 0. The second kappa shape index (κ2) is 3.30. The van der Waals surface area contributed by atoms with Crippen LogP contribution in [0.2, 0.25) is 0 Å². The highest BCUT2D eigenvalue weighted by Crippen LogP contribution is 2.06. The van der Waals surface area contributed by atoms with E-state index < -0.39 is 11.8 Å². The molecule has 1 aromatic heterocycles. The van der Waals surface area contributed by atoms with Gasteiger partial charge in [-0.25, -0.2) is 14.2 Å². The van der Waals surface area contributed by atoms with Crippen LogP contribution >= 0.6 is 0 Å². The molecule has 4 heteroatoms. The van der Waals surface area contributed by atoms with Crippen LogP contribution in [0.4, 0.5) is 4.39 Å². The minimum absolute atomic E-state index is 0.275. The van der Waals surface area contributed by atoms with E-state index in [1.807, 2.05) is 0 Å². The van der Waals surface area contributed by atoms with Crippen molar-refractivity contribution in [3.8, 4) is 0 Å². The van der Waals surface area contributed by atoms with Gasteiger partial charge in [0, 0.05) is 6.20 Å². The summed E-state index contributed by atoms with van der Waals surface area (Å²) in [5.74, 6) is -1.41. The average Bonchev–Trinajstić information content (AvgIpc) is 2.03. The molecule has 0 spiro atoms. The van der Waals surface area contributed by atoms with E-state index in [9.17, 15) is 9.18 Å². The lowest BCUT2D eigenvalue weighted by Crippen LogP contribution is -2.07. The van der Waals surface area contributed by atoms with Gasteiger partial charge in [-0.1, -0.05) is 0 Å². The van der Waals surface area contributed by atoms with E-state index in [1.54, 1.807) is 6.92 Å². The van der Waals surface area contributed by atoms with E-state index in [4.69, 9.17) is 0 Å². The van der Waals surface area contributed by atoms with Crippen molar-refractivity contribution in [1.29, 1.82) is 0 Å². The maximum absolute atomic E-state index is 12.9. The SMILES string of the molecule is COC(=O)c1ncc(C)cc1F. The number of ether oxygens (including phenoxy) is 1. The quantitative estimate of drug-likeness (QED) is 0.595.